The third-order valence-corrected chi connectivity index (χ3v) is 5.70. The van der Waals surface area contributed by atoms with Crippen molar-refractivity contribution in [2.45, 2.75) is 130 Å². The van der Waals surface area contributed by atoms with Crippen molar-refractivity contribution in [1.82, 2.24) is 0 Å². The Hall–Kier alpha value is -0.790. The zero-order valence-electron chi connectivity index (χ0n) is 18.9. The van der Waals surface area contributed by atoms with E-state index in [1.807, 2.05) is 6.08 Å². The Balaban J connectivity index is 3.39. The zero-order valence-corrected chi connectivity index (χ0v) is 18.9. The fourth-order valence-electron chi connectivity index (χ4n) is 4.01. The second-order valence-electron chi connectivity index (χ2n) is 8.86. The minimum atomic E-state index is -0.790. The highest BCUT2D eigenvalue weighted by molar-refractivity contribution is 5.85. The number of hydrogen-bond acceptors (Lipinski definition) is 1. The Morgan fingerprint density at radius 3 is 1.59 bits per heavy atom. The van der Waals surface area contributed by atoms with Gasteiger partial charge in [-0.3, -0.25) is 0 Å². The Bertz CT molecular complexity index is 373. The lowest BCUT2D eigenvalue weighted by Crippen LogP contribution is -2.04. The van der Waals surface area contributed by atoms with Crippen LogP contribution in [0, 0.1) is 11.8 Å². The van der Waals surface area contributed by atoms with E-state index in [4.69, 9.17) is 5.11 Å². The van der Waals surface area contributed by atoms with E-state index < -0.39 is 5.97 Å². The third kappa shape index (κ3) is 18.3. The molecule has 0 saturated carbocycles. The van der Waals surface area contributed by atoms with E-state index in [-0.39, 0.29) is 0 Å². The maximum absolute atomic E-state index is 10.9. The molecule has 0 bridgehead atoms. The van der Waals surface area contributed by atoms with Crippen molar-refractivity contribution < 1.29 is 9.90 Å². The molecule has 27 heavy (non-hydrogen) atoms. The van der Waals surface area contributed by atoms with E-state index in [0.29, 0.717) is 17.4 Å². The molecular weight excluding hydrogens is 332 g/mol. The normalized spacial score (nSPS) is 14.3. The van der Waals surface area contributed by atoms with Crippen molar-refractivity contribution in [3.8, 4) is 0 Å². The predicted octanol–water partition coefficient (Wildman–Crippen LogP) is 8.55. The van der Waals surface area contributed by atoms with Gasteiger partial charge in [0.1, 0.15) is 0 Å². The van der Waals surface area contributed by atoms with Crippen LogP contribution in [0.1, 0.15) is 130 Å². The number of hydrogen-bond donors (Lipinski definition) is 1. The molecule has 1 N–H and O–H groups in total. The number of carbonyl (C=O) groups is 1. The summed E-state index contributed by atoms with van der Waals surface area (Å²) >= 11 is 0. The molecule has 0 aliphatic rings. The van der Waals surface area contributed by atoms with Crippen molar-refractivity contribution in [2.75, 3.05) is 0 Å². The van der Waals surface area contributed by atoms with Crippen LogP contribution in [0.2, 0.25) is 0 Å². The van der Waals surface area contributed by atoms with Gasteiger partial charge in [-0.25, -0.2) is 4.79 Å². The van der Waals surface area contributed by atoms with Crippen molar-refractivity contribution in [3.05, 3.63) is 11.6 Å². The maximum Gasteiger partial charge on any atom is 0.330 e. The molecule has 2 heteroatoms. The van der Waals surface area contributed by atoms with Crippen LogP contribution in [0.15, 0.2) is 11.6 Å². The highest BCUT2D eigenvalue weighted by Gasteiger charge is 2.09. The number of rotatable bonds is 19. The van der Waals surface area contributed by atoms with E-state index in [0.717, 1.165) is 6.42 Å². The molecule has 0 heterocycles. The average molecular weight is 381 g/mol. The Kier molecular flexibility index (Phi) is 18.0. The second kappa shape index (κ2) is 18.6. The highest BCUT2D eigenvalue weighted by Crippen LogP contribution is 2.21. The molecule has 2 atom stereocenters. The van der Waals surface area contributed by atoms with Crippen LogP contribution in [-0.4, -0.2) is 11.1 Å². The summed E-state index contributed by atoms with van der Waals surface area (Å²) in [6.45, 7) is 8.42. The van der Waals surface area contributed by atoms with Crippen LogP contribution < -0.4 is 0 Å². The summed E-state index contributed by atoms with van der Waals surface area (Å²) in [5.41, 5.74) is 0.478. The van der Waals surface area contributed by atoms with Gasteiger partial charge in [-0.05, 0) is 25.2 Å². The van der Waals surface area contributed by atoms with Crippen LogP contribution in [0.3, 0.4) is 0 Å². The monoisotopic (exact) mass is 380 g/mol. The molecule has 0 rings (SSSR count). The first-order chi connectivity index (χ1) is 13.0. The molecule has 0 unspecified atom stereocenters. The molecule has 0 aliphatic carbocycles. The maximum atomic E-state index is 10.9. The minimum Gasteiger partial charge on any atom is -0.478 e. The number of allylic oxidation sites excluding steroid dienone is 1. The largest absolute Gasteiger partial charge is 0.478 e. The van der Waals surface area contributed by atoms with Crippen molar-refractivity contribution in [1.29, 1.82) is 0 Å². The second-order valence-corrected chi connectivity index (χ2v) is 8.86. The zero-order chi connectivity index (χ0) is 20.3. The number of unbranched alkanes of at least 4 members (excludes halogenated alkanes) is 13. The summed E-state index contributed by atoms with van der Waals surface area (Å²) in [7, 11) is 0. The van der Waals surface area contributed by atoms with Crippen LogP contribution in [0.5, 0.6) is 0 Å². The van der Waals surface area contributed by atoms with Crippen LogP contribution in [0.25, 0.3) is 0 Å². The van der Waals surface area contributed by atoms with E-state index >= 15 is 0 Å². The first kappa shape index (κ1) is 26.2. The molecule has 0 aliphatic heterocycles. The smallest absolute Gasteiger partial charge is 0.330 e. The average Bonchev–Trinajstić information content (AvgIpc) is 2.61. The molecule has 0 spiro atoms. The van der Waals surface area contributed by atoms with E-state index in [2.05, 4.69) is 20.8 Å². The third-order valence-electron chi connectivity index (χ3n) is 5.70. The van der Waals surface area contributed by atoms with Gasteiger partial charge in [0.05, 0.1) is 0 Å². The topological polar surface area (TPSA) is 37.3 Å². The molecule has 2 nitrogen and oxygen atoms in total. The number of carboxylic acids is 1. The van der Waals surface area contributed by atoms with E-state index in [1.165, 1.54) is 96.3 Å². The van der Waals surface area contributed by atoms with Gasteiger partial charge in [-0.2, -0.15) is 0 Å². The number of aliphatic carboxylic acids is 1. The van der Waals surface area contributed by atoms with Gasteiger partial charge in [0.2, 0.25) is 0 Å². The summed E-state index contributed by atoms with van der Waals surface area (Å²) < 4.78 is 0. The Morgan fingerprint density at radius 1 is 0.778 bits per heavy atom. The van der Waals surface area contributed by atoms with Gasteiger partial charge in [-0.15, -0.1) is 0 Å². The van der Waals surface area contributed by atoms with Crippen molar-refractivity contribution >= 4 is 5.97 Å². The summed E-state index contributed by atoms with van der Waals surface area (Å²) in [6, 6.07) is 0. The quantitative estimate of drug-likeness (QED) is 0.180. The fraction of sp³-hybridized carbons (Fsp3) is 0.880. The summed E-state index contributed by atoms with van der Waals surface area (Å²) in [5, 5.41) is 8.94. The van der Waals surface area contributed by atoms with Gasteiger partial charge >= 0.3 is 5.97 Å². The SMILES string of the molecule is CCCCCCCCCCCCCCCC[C@H](C)C[C@@H](C)C=C(C)C(=O)O. The lowest BCUT2D eigenvalue weighted by Gasteiger charge is -2.15. The predicted molar refractivity (Wildman–Crippen MR) is 119 cm³/mol. The van der Waals surface area contributed by atoms with Crippen LogP contribution in [-0.2, 0) is 4.79 Å². The first-order valence-corrected chi connectivity index (χ1v) is 11.9. The molecule has 0 fully saturated rings. The molecule has 0 aromatic heterocycles. The molecule has 0 amide bonds. The molecule has 0 aromatic rings. The summed E-state index contributed by atoms with van der Waals surface area (Å²) in [6.07, 6.45) is 24.0. The van der Waals surface area contributed by atoms with Gasteiger partial charge in [0.15, 0.2) is 0 Å². The van der Waals surface area contributed by atoms with E-state index in [1.54, 1.807) is 6.92 Å². The van der Waals surface area contributed by atoms with Crippen molar-refractivity contribution in [3.63, 3.8) is 0 Å². The van der Waals surface area contributed by atoms with E-state index in [9.17, 15) is 4.79 Å². The van der Waals surface area contributed by atoms with Gasteiger partial charge in [0, 0.05) is 5.57 Å². The Morgan fingerprint density at radius 2 is 1.19 bits per heavy atom. The van der Waals surface area contributed by atoms with Crippen LogP contribution in [0.4, 0.5) is 0 Å². The molecule has 0 saturated heterocycles. The first-order valence-electron chi connectivity index (χ1n) is 11.9. The van der Waals surface area contributed by atoms with Crippen LogP contribution >= 0.6 is 0 Å². The van der Waals surface area contributed by atoms with Gasteiger partial charge < -0.3 is 5.11 Å². The van der Waals surface area contributed by atoms with Gasteiger partial charge in [-0.1, -0.05) is 123 Å². The minimum absolute atomic E-state index is 0.364. The summed E-state index contributed by atoms with van der Waals surface area (Å²) in [5.74, 6) is 0.263. The molecule has 160 valence electrons. The lowest BCUT2D eigenvalue weighted by atomic mass is 9.91. The molecular formula is C25H48O2. The lowest BCUT2D eigenvalue weighted by molar-refractivity contribution is -0.132. The highest BCUT2D eigenvalue weighted by atomic mass is 16.4. The molecule has 0 aromatic carbocycles. The standard InChI is InChI=1S/C25H48O2/c1-5-6-7-8-9-10-11-12-13-14-15-16-17-18-19-22(2)20-23(3)21-24(4)25(26)27/h21-23H,5-20H2,1-4H3,(H,26,27)/t22-,23+/m0/s1. The number of carboxylic acid groups (broad SMARTS) is 1. The Labute approximate surface area is 170 Å². The molecule has 0 radical (unpaired) electrons. The van der Waals surface area contributed by atoms with Gasteiger partial charge in [0.25, 0.3) is 0 Å². The summed E-state index contributed by atoms with van der Waals surface area (Å²) in [4.78, 5) is 10.9. The fourth-order valence-corrected chi connectivity index (χ4v) is 4.01. The van der Waals surface area contributed by atoms with Crippen molar-refractivity contribution in [2.24, 2.45) is 11.8 Å².